The number of carbonyl (C=O) groups is 3. The normalized spacial score (nSPS) is 22.6. The topological polar surface area (TPSA) is 169 Å². The third-order valence-electron chi connectivity index (χ3n) is 4.40. The smallest absolute Gasteiger partial charge is 0.313 e. The molecule has 0 radical (unpaired) electrons. The number of fused-ring (bicyclic) bond motifs is 1. The molecular weight excluding hydrogens is 529 g/mol. The van der Waals surface area contributed by atoms with E-state index in [1.165, 1.54) is 36.2 Å². The number of anilines is 1. The summed E-state index contributed by atoms with van der Waals surface area (Å²) in [7, 11) is 1.61. The molecule has 3 heterocycles. The minimum Gasteiger partial charge on any atom is -1.00 e. The number of hydrogen-bond donors (Lipinski definition) is 2. The number of nitrogen functional groups attached to an aromatic ring is 1. The number of carbonyl (C=O) groups excluding carboxylic acids is 3. The highest BCUT2D eigenvalue weighted by atomic mass is 127. The molecule has 1 aliphatic heterocycles. The highest BCUT2D eigenvalue weighted by molar-refractivity contribution is 5.68. The Morgan fingerprint density at radius 3 is 2.39 bits per heavy atom. The largest absolute Gasteiger partial charge is 1.00 e. The fourth-order valence-electron chi connectivity index (χ4n) is 3.37. The third-order valence-corrected chi connectivity index (χ3v) is 4.40. The summed E-state index contributed by atoms with van der Waals surface area (Å²) in [5.41, 5.74) is 5.56. The number of esters is 3. The number of nitrogens with two attached hydrogens (primary N) is 1. The highest BCUT2D eigenvalue weighted by Crippen LogP contribution is 2.32. The number of halogens is 1. The number of nitrogens with zero attached hydrogens (tertiary/aromatic N) is 3. The van der Waals surface area contributed by atoms with Crippen LogP contribution in [0.5, 0.6) is 0 Å². The van der Waals surface area contributed by atoms with Crippen molar-refractivity contribution < 1.29 is 61.9 Å². The van der Waals surface area contributed by atoms with E-state index in [1.54, 1.807) is 7.05 Å². The first-order valence-electron chi connectivity index (χ1n) is 8.97. The second-order valence-corrected chi connectivity index (χ2v) is 6.77. The summed E-state index contributed by atoms with van der Waals surface area (Å²) in [4.78, 5) is 53.5. The van der Waals surface area contributed by atoms with E-state index in [0.29, 0.717) is 0 Å². The molecule has 1 aliphatic rings. The minimum atomic E-state index is -1.11. The summed E-state index contributed by atoms with van der Waals surface area (Å²) in [6.07, 6.45) is -2.65. The highest BCUT2D eigenvalue weighted by Gasteiger charge is 2.53. The van der Waals surface area contributed by atoms with Crippen LogP contribution in [0.4, 0.5) is 5.95 Å². The van der Waals surface area contributed by atoms with Crippen molar-refractivity contribution in [2.24, 2.45) is 7.05 Å². The fraction of sp³-hybridized carbons (Fsp3) is 0.529. The lowest BCUT2D eigenvalue weighted by Crippen LogP contribution is -3.00. The van der Waals surface area contributed by atoms with Crippen molar-refractivity contribution in [1.29, 1.82) is 0 Å². The number of aryl methyl sites for hydroxylation is 1. The van der Waals surface area contributed by atoms with E-state index in [1.807, 2.05) is 0 Å². The van der Waals surface area contributed by atoms with Gasteiger partial charge in [-0.3, -0.25) is 28.7 Å². The average molecular weight is 551 g/mol. The van der Waals surface area contributed by atoms with Crippen LogP contribution in [0.15, 0.2) is 11.1 Å². The van der Waals surface area contributed by atoms with E-state index in [4.69, 9.17) is 24.7 Å². The van der Waals surface area contributed by atoms with Crippen LogP contribution >= 0.6 is 0 Å². The summed E-state index contributed by atoms with van der Waals surface area (Å²) in [5.74, 6) is -1.98. The van der Waals surface area contributed by atoms with Gasteiger partial charge < -0.3 is 48.7 Å². The van der Waals surface area contributed by atoms with Gasteiger partial charge in [-0.05, 0) is 0 Å². The molecule has 0 bridgehead atoms. The lowest BCUT2D eigenvalue weighted by molar-refractivity contribution is -0.745. The molecule has 14 heteroatoms. The van der Waals surface area contributed by atoms with Gasteiger partial charge in [0.15, 0.2) is 18.5 Å². The van der Waals surface area contributed by atoms with E-state index < -0.39 is 48.0 Å². The summed E-state index contributed by atoms with van der Waals surface area (Å²) in [6.45, 7) is 3.35. The van der Waals surface area contributed by atoms with E-state index in [2.05, 4.69) is 9.97 Å². The van der Waals surface area contributed by atoms with Gasteiger partial charge in [0.1, 0.15) is 12.7 Å². The molecule has 1 saturated heterocycles. The minimum absolute atomic E-state index is 0. The Bertz CT molecular complexity index is 1070. The molecule has 0 saturated carbocycles. The van der Waals surface area contributed by atoms with Crippen LogP contribution < -0.4 is 39.8 Å². The summed E-state index contributed by atoms with van der Waals surface area (Å²) < 4.78 is 24.6. The first kappa shape index (κ1) is 24.5. The van der Waals surface area contributed by atoms with E-state index in [-0.39, 0.29) is 47.7 Å². The molecule has 0 amide bonds. The van der Waals surface area contributed by atoms with E-state index in [0.717, 1.165) is 0 Å². The van der Waals surface area contributed by atoms with Crippen molar-refractivity contribution in [3.63, 3.8) is 0 Å². The van der Waals surface area contributed by atoms with Crippen LogP contribution in [-0.4, -0.2) is 57.4 Å². The number of aromatic nitrogens is 4. The number of nitrogens with one attached hydrogen (secondary N) is 1. The number of imidazole rings is 1. The van der Waals surface area contributed by atoms with Crippen molar-refractivity contribution in [3.8, 4) is 0 Å². The molecule has 0 spiro atoms. The number of hydrogen-bond acceptors (Lipinski definition) is 10. The van der Waals surface area contributed by atoms with Crippen molar-refractivity contribution in [2.45, 2.75) is 45.3 Å². The quantitative estimate of drug-likeness (QED) is 0.160. The Kier molecular flexibility index (Phi) is 7.58. The number of rotatable bonds is 5. The molecule has 170 valence electrons. The molecule has 2 aromatic rings. The summed E-state index contributed by atoms with van der Waals surface area (Å²) in [6, 6.07) is 0. The van der Waals surface area contributed by atoms with Crippen molar-refractivity contribution in [2.75, 3.05) is 12.3 Å². The SMILES string of the molecule is CC(=O)OC[C@H]1O[C@@H]([n+]2cn(C)c3c(=O)[nH]c(N)nc32)[C@H](OC(C)=O)[C@@H]1OC(C)=O.[I-]. The van der Waals surface area contributed by atoms with Gasteiger partial charge in [-0.15, -0.1) is 0 Å². The van der Waals surface area contributed by atoms with Crippen LogP contribution in [-0.2, 0) is 40.4 Å². The Hall–Kier alpha value is -2.75. The van der Waals surface area contributed by atoms with Gasteiger partial charge in [-0.2, -0.15) is 0 Å². The Labute approximate surface area is 192 Å². The van der Waals surface area contributed by atoms with Crippen LogP contribution in [0.25, 0.3) is 11.2 Å². The third kappa shape index (κ3) is 5.12. The van der Waals surface area contributed by atoms with E-state index >= 15 is 0 Å². The fourth-order valence-corrected chi connectivity index (χ4v) is 3.37. The molecule has 13 nitrogen and oxygen atoms in total. The van der Waals surface area contributed by atoms with Gasteiger partial charge in [0.2, 0.25) is 11.7 Å². The van der Waals surface area contributed by atoms with Crippen molar-refractivity contribution >= 4 is 35.0 Å². The van der Waals surface area contributed by atoms with Gasteiger partial charge in [-0.1, -0.05) is 4.98 Å². The van der Waals surface area contributed by atoms with Gasteiger partial charge in [0.25, 0.3) is 11.5 Å². The maximum atomic E-state index is 12.3. The second kappa shape index (κ2) is 9.59. The van der Waals surface area contributed by atoms with Gasteiger partial charge in [0.05, 0.1) is 7.05 Å². The first-order valence-corrected chi connectivity index (χ1v) is 8.97. The molecular formula is C17H22IN5O8. The molecule has 0 aromatic carbocycles. The number of aromatic amines is 1. The van der Waals surface area contributed by atoms with E-state index in [9.17, 15) is 19.2 Å². The maximum Gasteiger partial charge on any atom is 0.313 e. The zero-order valence-corrected chi connectivity index (χ0v) is 19.3. The Balaban J connectivity index is 0.00000341. The lowest BCUT2D eigenvalue weighted by atomic mass is 10.1. The van der Waals surface area contributed by atoms with Crippen LogP contribution in [0, 0.1) is 0 Å². The van der Waals surface area contributed by atoms with Crippen molar-refractivity contribution in [3.05, 3.63) is 16.7 Å². The number of H-pyrrole nitrogens is 1. The predicted octanol–water partition coefficient (Wildman–Crippen LogP) is -4.54. The van der Waals surface area contributed by atoms with Gasteiger partial charge in [0, 0.05) is 20.8 Å². The molecule has 1 fully saturated rings. The maximum absolute atomic E-state index is 12.3. The van der Waals surface area contributed by atoms with Gasteiger partial charge >= 0.3 is 23.6 Å². The van der Waals surface area contributed by atoms with Crippen LogP contribution in [0.2, 0.25) is 0 Å². The first-order chi connectivity index (χ1) is 14.1. The number of ether oxygens (including phenoxy) is 4. The molecule has 0 aliphatic carbocycles. The molecule has 31 heavy (non-hydrogen) atoms. The van der Waals surface area contributed by atoms with Gasteiger partial charge in [-0.25, -0.2) is 4.57 Å². The molecule has 0 unspecified atom stereocenters. The molecule has 4 atom stereocenters. The van der Waals surface area contributed by atoms with Crippen LogP contribution in [0.3, 0.4) is 0 Å². The molecule has 2 aromatic heterocycles. The van der Waals surface area contributed by atoms with Crippen LogP contribution in [0.1, 0.15) is 27.0 Å². The van der Waals surface area contributed by atoms with Crippen molar-refractivity contribution in [1.82, 2.24) is 14.5 Å². The summed E-state index contributed by atoms with van der Waals surface area (Å²) in [5, 5.41) is 0. The molecule has 3 rings (SSSR count). The summed E-state index contributed by atoms with van der Waals surface area (Å²) >= 11 is 0. The zero-order chi connectivity index (χ0) is 22.2. The second-order valence-electron chi connectivity index (χ2n) is 6.77. The zero-order valence-electron chi connectivity index (χ0n) is 17.2. The monoisotopic (exact) mass is 551 g/mol. The molecule has 3 N–H and O–H groups in total. The average Bonchev–Trinajstić information content (AvgIpc) is 3.10. The predicted molar refractivity (Wildman–Crippen MR) is 97.6 cm³/mol. The standard InChI is InChI=1S/C17H21N5O8.HI/c1-7(23)27-5-10-12(28-8(2)24)13(29-9(3)25)16(30-10)22-6-21(4)11-14(22)19-17(18)20-15(11)26;/h6,10,12-13,16H,5H2,1-4H3,(H2-,18,19,20,26);1H/t10-,12-,13-,16-;/m1./s1. The lowest BCUT2D eigenvalue weighted by Gasteiger charge is -2.22. The Morgan fingerprint density at radius 1 is 1.19 bits per heavy atom. The Morgan fingerprint density at radius 2 is 1.81 bits per heavy atom.